The first-order valence-corrected chi connectivity index (χ1v) is 10.8. The highest BCUT2D eigenvalue weighted by molar-refractivity contribution is 9.10. The molecule has 1 saturated carbocycles. The predicted molar refractivity (Wildman–Crippen MR) is 114 cm³/mol. The van der Waals surface area contributed by atoms with Gasteiger partial charge in [0, 0.05) is 16.7 Å². The first-order chi connectivity index (χ1) is 13.5. The molecule has 0 saturated heterocycles. The van der Waals surface area contributed by atoms with Gasteiger partial charge >= 0.3 is 5.97 Å². The van der Waals surface area contributed by atoms with Crippen LogP contribution in [0.5, 0.6) is 0 Å². The molecule has 150 valence electrons. The molecule has 0 bridgehead atoms. The van der Waals surface area contributed by atoms with Crippen molar-refractivity contribution in [3.8, 4) is 0 Å². The molecule has 3 nitrogen and oxygen atoms in total. The van der Waals surface area contributed by atoms with E-state index in [1.165, 1.54) is 49.8 Å². The van der Waals surface area contributed by atoms with Crippen molar-refractivity contribution in [2.45, 2.75) is 52.0 Å². The van der Waals surface area contributed by atoms with Gasteiger partial charge in [-0.15, -0.1) is 0 Å². The van der Waals surface area contributed by atoms with Crippen LogP contribution in [0, 0.1) is 11.7 Å². The maximum absolute atomic E-state index is 13.7. The fraction of sp³-hybridized carbons (Fsp3) is 0.435. The summed E-state index contributed by atoms with van der Waals surface area (Å²) in [5.41, 5.74) is 3.51. The lowest BCUT2D eigenvalue weighted by atomic mass is 9.84. The van der Waals surface area contributed by atoms with Gasteiger partial charge in [-0.2, -0.15) is 0 Å². The second kappa shape index (κ2) is 10.1. The Morgan fingerprint density at radius 2 is 1.96 bits per heavy atom. The van der Waals surface area contributed by atoms with Crippen LogP contribution in [-0.2, 0) is 17.7 Å². The molecule has 2 aromatic rings. The van der Waals surface area contributed by atoms with Crippen LogP contribution in [0.2, 0.25) is 0 Å². The van der Waals surface area contributed by atoms with Crippen molar-refractivity contribution in [1.29, 1.82) is 0 Å². The number of rotatable bonds is 7. The van der Waals surface area contributed by atoms with E-state index in [1.54, 1.807) is 6.92 Å². The number of nitrogens with one attached hydrogen (secondary N) is 1. The quantitative estimate of drug-likeness (QED) is 0.492. The highest BCUT2D eigenvalue weighted by atomic mass is 79.9. The van der Waals surface area contributed by atoms with Crippen LogP contribution in [0.1, 0.15) is 60.5 Å². The molecule has 0 aromatic heterocycles. The molecule has 0 unspecified atom stereocenters. The zero-order valence-electron chi connectivity index (χ0n) is 16.3. The van der Waals surface area contributed by atoms with Gasteiger partial charge in [-0.05, 0) is 60.7 Å². The molecule has 0 radical (unpaired) electrons. The normalized spacial score (nSPS) is 14.7. The molecular weight excluding hydrogens is 421 g/mol. The zero-order valence-corrected chi connectivity index (χ0v) is 17.9. The van der Waals surface area contributed by atoms with Crippen molar-refractivity contribution in [3.63, 3.8) is 0 Å². The number of esters is 1. The Labute approximate surface area is 174 Å². The molecule has 5 heteroatoms. The molecular formula is C23H27BrFNO2. The SMILES string of the molecule is CCOC(=O)c1ccc(CC2CCCCC2)c(NCc2cc(F)cc(Br)c2)c1. The Hall–Kier alpha value is -1.88. The minimum Gasteiger partial charge on any atom is -0.462 e. The summed E-state index contributed by atoms with van der Waals surface area (Å²) in [5.74, 6) is 0.100. The lowest BCUT2D eigenvalue weighted by Gasteiger charge is -2.23. The Bertz CT molecular complexity index is 798. The third kappa shape index (κ3) is 5.81. The van der Waals surface area contributed by atoms with Gasteiger partial charge in [0.05, 0.1) is 12.2 Å². The highest BCUT2D eigenvalue weighted by Crippen LogP contribution is 2.30. The van der Waals surface area contributed by atoms with Gasteiger partial charge in [0.1, 0.15) is 5.82 Å². The van der Waals surface area contributed by atoms with Crippen LogP contribution in [0.3, 0.4) is 0 Å². The van der Waals surface area contributed by atoms with Crippen molar-refractivity contribution < 1.29 is 13.9 Å². The number of anilines is 1. The average Bonchev–Trinajstić information content (AvgIpc) is 2.67. The van der Waals surface area contributed by atoms with Crippen LogP contribution >= 0.6 is 15.9 Å². The molecule has 0 heterocycles. The molecule has 1 aliphatic carbocycles. The van der Waals surface area contributed by atoms with E-state index in [4.69, 9.17) is 4.74 Å². The van der Waals surface area contributed by atoms with E-state index >= 15 is 0 Å². The molecule has 0 spiro atoms. The maximum Gasteiger partial charge on any atom is 0.338 e. The van der Waals surface area contributed by atoms with Crippen molar-refractivity contribution in [2.75, 3.05) is 11.9 Å². The molecule has 1 fully saturated rings. The summed E-state index contributed by atoms with van der Waals surface area (Å²) in [6.07, 6.45) is 7.44. The number of carbonyl (C=O) groups is 1. The Morgan fingerprint density at radius 1 is 1.18 bits per heavy atom. The first kappa shape index (κ1) is 20.8. The van der Waals surface area contributed by atoms with Crippen molar-refractivity contribution in [2.24, 2.45) is 5.92 Å². The van der Waals surface area contributed by atoms with Crippen molar-refractivity contribution in [1.82, 2.24) is 0 Å². The van der Waals surface area contributed by atoms with Gasteiger partial charge in [0.25, 0.3) is 0 Å². The second-order valence-corrected chi connectivity index (χ2v) is 8.35. The molecule has 1 aliphatic rings. The number of halogens is 2. The van der Waals surface area contributed by atoms with E-state index in [1.807, 2.05) is 24.3 Å². The van der Waals surface area contributed by atoms with Gasteiger partial charge in [-0.3, -0.25) is 0 Å². The Morgan fingerprint density at radius 3 is 2.68 bits per heavy atom. The number of hydrogen-bond donors (Lipinski definition) is 1. The minimum absolute atomic E-state index is 0.270. The molecule has 2 aromatic carbocycles. The maximum atomic E-state index is 13.7. The van der Waals surface area contributed by atoms with Gasteiger partial charge in [0.15, 0.2) is 0 Å². The molecule has 0 amide bonds. The number of ether oxygens (including phenoxy) is 1. The number of carbonyl (C=O) groups excluding carboxylic acids is 1. The molecule has 1 N–H and O–H groups in total. The van der Waals surface area contributed by atoms with Crippen molar-refractivity contribution in [3.05, 3.63) is 63.4 Å². The van der Waals surface area contributed by atoms with E-state index in [0.717, 1.165) is 17.7 Å². The summed E-state index contributed by atoms with van der Waals surface area (Å²) in [5, 5.41) is 3.42. The Kier molecular flexibility index (Phi) is 7.49. The zero-order chi connectivity index (χ0) is 19.9. The monoisotopic (exact) mass is 447 g/mol. The number of benzene rings is 2. The smallest absolute Gasteiger partial charge is 0.338 e. The largest absolute Gasteiger partial charge is 0.462 e. The average molecular weight is 448 g/mol. The fourth-order valence-corrected chi connectivity index (χ4v) is 4.39. The van der Waals surface area contributed by atoms with E-state index in [0.29, 0.717) is 29.1 Å². The topological polar surface area (TPSA) is 38.3 Å². The lowest BCUT2D eigenvalue weighted by molar-refractivity contribution is 0.0526. The van der Waals surface area contributed by atoms with Gasteiger partial charge in [0.2, 0.25) is 0 Å². The van der Waals surface area contributed by atoms with Crippen LogP contribution in [0.4, 0.5) is 10.1 Å². The molecule has 28 heavy (non-hydrogen) atoms. The second-order valence-electron chi connectivity index (χ2n) is 7.43. The highest BCUT2D eigenvalue weighted by Gasteiger charge is 2.17. The van der Waals surface area contributed by atoms with E-state index < -0.39 is 0 Å². The summed E-state index contributed by atoms with van der Waals surface area (Å²) in [4.78, 5) is 12.2. The minimum atomic E-state index is -0.316. The molecule has 0 atom stereocenters. The lowest BCUT2D eigenvalue weighted by Crippen LogP contribution is -2.12. The fourth-order valence-electron chi connectivity index (χ4n) is 3.87. The van der Waals surface area contributed by atoms with Crippen molar-refractivity contribution >= 4 is 27.6 Å². The van der Waals surface area contributed by atoms with Crippen LogP contribution < -0.4 is 5.32 Å². The number of hydrogen-bond acceptors (Lipinski definition) is 3. The van der Waals surface area contributed by atoms with Crippen LogP contribution in [0.25, 0.3) is 0 Å². The van der Waals surface area contributed by atoms with Gasteiger partial charge < -0.3 is 10.1 Å². The summed E-state index contributed by atoms with van der Waals surface area (Å²) in [6.45, 7) is 2.64. The molecule has 0 aliphatic heterocycles. The first-order valence-electron chi connectivity index (χ1n) is 10.0. The van der Waals surface area contributed by atoms with E-state index in [-0.39, 0.29) is 11.8 Å². The van der Waals surface area contributed by atoms with Crippen LogP contribution in [-0.4, -0.2) is 12.6 Å². The summed E-state index contributed by atoms with van der Waals surface area (Å²) in [6, 6.07) is 10.6. The van der Waals surface area contributed by atoms with E-state index in [9.17, 15) is 9.18 Å². The summed E-state index contributed by atoms with van der Waals surface area (Å²) >= 11 is 3.34. The van der Waals surface area contributed by atoms with E-state index in [2.05, 4.69) is 21.2 Å². The summed E-state index contributed by atoms with van der Waals surface area (Å²) in [7, 11) is 0. The summed E-state index contributed by atoms with van der Waals surface area (Å²) < 4.78 is 19.5. The third-order valence-electron chi connectivity index (χ3n) is 5.26. The predicted octanol–water partition coefficient (Wildman–Crippen LogP) is 6.50. The van der Waals surface area contributed by atoms with Crippen LogP contribution in [0.15, 0.2) is 40.9 Å². The standard InChI is InChI=1S/C23H27BrFNO2/c1-2-28-23(27)19-9-8-18(10-16-6-4-3-5-7-16)22(13-19)26-15-17-11-20(24)14-21(25)12-17/h8-9,11-14,16,26H,2-7,10,15H2,1H3. The van der Waals surface area contributed by atoms with Gasteiger partial charge in [-0.1, -0.05) is 54.1 Å². The Balaban J connectivity index is 1.80. The third-order valence-corrected chi connectivity index (χ3v) is 5.72. The van der Waals surface area contributed by atoms with Gasteiger partial charge in [-0.25, -0.2) is 9.18 Å². The molecule has 3 rings (SSSR count).